The molecule has 4 rings (SSSR count). The van der Waals surface area contributed by atoms with Crippen LogP contribution in [0.25, 0.3) is 11.3 Å². The van der Waals surface area contributed by atoms with E-state index in [1.54, 1.807) is 36.4 Å². The van der Waals surface area contributed by atoms with Crippen molar-refractivity contribution in [2.24, 2.45) is 5.92 Å². The zero-order chi connectivity index (χ0) is 22.5. The standard InChI is InChI=1S/C24H24FN5O2/c1-16(31)26-20-5-2-6-21(14-20)27-24(32)18-4-3-13-30(15-18)23-12-11-22(28-29-23)17-7-9-19(25)10-8-17/h2,5-12,14,18H,3-4,13,15H2,1H3,(H,26,31)(H,27,32). The van der Waals surface area contributed by atoms with E-state index in [-0.39, 0.29) is 23.5 Å². The van der Waals surface area contributed by atoms with Gasteiger partial charge in [-0.25, -0.2) is 4.39 Å². The fraction of sp³-hybridized carbons (Fsp3) is 0.250. The summed E-state index contributed by atoms with van der Waals surface area (Å²) < 4.78 is 13.1. The molecule has 0 spiro atoms. The summed E-state index contributed by atoms with van der Waals surface area (Å²) in [6, 6.07) is 16.9. The Balaban J connectivity index is 1.40. The topological polar surface area (TPSA) is 87.2 Å². The number of rotatable bonds is 5. The Kier molecular flexibility index (Phi) is 6.39. The summed E-state index contributed by atoms with van der Waals surface area (Å²) >= 11 is 0. The minimum absolute atomic E-state index is 0.0643. The number of anilines is 3. The van der Waals surface area contributed by atoms with Gasteiger partial charge in [-0.2, -0.15) is 0 Å². The van der Waals surface area contributed by atoms with Crippen molar-refractivity contribution in [3.63, 3.8) is 0 Å². The highest BCUT2D eigenvalue weighted by molar-refractivity contribution is 5.94. The average Bonchev–Trinajstić information content (AvgIpc) is 2.80. The van der Waals surface area contributed by atoms with Crippen LogP contribution in [-0.4, -0.2) is 35.1 Å². The van der Waals surface area contributed by atoms with Crippen LogP contribution in [0.2, 0.25) is 0 Å². The van der Waals surface area contributed by atoms with E-state index in [2.05, 4.69) is 25.7 Å². The number of hydrogen-bond donors (Lipinski definition) is 2. The number of aromatic nitrogens is 2. The van der Waals surface area contributed by atoms with Crippen LogP contribution in [0.1, 0.15) is 19.8 Å². The Morgan fingerprint density at radius 1 is 1.00 bits per heavy atom. The molecule has 7 nitrogen and oxygen atoms in total. The molecule has 0 radical (unpaired) electrons. The molecule has 8 heteroatoms. The highest BCUT2D eigenvalue weighted by Crippen LogP contribution is 2.25. The first-order chi connectivity index (χ1) is 15.5. The molecule has 3 aromatic rings. The number of halogens is 1. The molecule has 2 heterocycles. The molecule has 2 N–H and O–H groups in total. The number of nitrogens with zero attached hydrogens (tertiary/aromatic N) is 3. The van der Waals surface area contributed by atoms with Crippen molar-refractivity contribution in [3.05, 3.63) is 66.5 Å². The molecule has 0 aliphatic carbocycles. The second-order valence-electron chi connectivity index (χ2n) is 7.82. The maximum atomic E-state index is 13.1. The number of benzene rings is 2. The largest absolute Gasteiger partial charge is 0.354 e. The quantitative estimate of drug-likeness (QED) is 0.633. The van der Waals surface area contributed by atoms with Crippen molar-refractivity contribution in [2.75, 3.05) is 28.6 Å². The van der Waals surface area contributed by atoms with E-state index >= 15 is 0 Å². The molecule has 1 saturated heterocycles. The van der Waals surface area contributed by atoms with Gasteiger partial charge in [0.05, 0.1) is 11.6 Å². The molecule has 1 aromatic heterocycles. The van der Waals surface area contributed by atoms with Gasteiger partial charge in [0.1, 0.15) is 5.82 Å². The van der Waals surface area contributed by atoms with E-state index in [4.69, 9.17) is 0 Å². The van der Waals surface area contributed by atoms with Crippen molar-refractivity contribution in [2.45, 2.75) is 19.8 Å². The third kappa shape index (κ3) is 5.26. The molecule has 0 saturated carbocycles. The molecular formula is C24H24FN5O2. The smallest absolute Gasteiger partial charge is 0.229 e. The number of nitrogens with one attached hydrogen (secondary N) is 2. The summed E-state index contributed by atoms with van der Waals surface area (Å²) in [6.45, 7) is 2.78. The van der Waals surface area contributed by atoms with Crippen LogP contribution in [0.5, 0.6) is 0 Å². The third-order valence-electron chi connectivity index (χ3n) is 5.36. The molecule has 2 amide bonds. The Hall–Kier alpha value is -3.81. The van der Waals surface area contributed by atoms with Gasteiger partial charge in [0.25, 0.3) is 0 Å². The number of hydrogen-bond acceptors (Lipinski definition) is 5. The van der Waals surface area contributed by atoms with Crippen LogP contribution < -0.4 is 15.5 Å². The summed E-state index contributed by atoms with van der Waals surface area (Å²) in [5.74, 6) is -0.000840. The van der Waals surface area contributed by atoms with Gasteiger partial charge < -0.3 is 15.5 Å². The van der Waals surface area contributed by atoms with E-state index in [1.165, 1.54) is 19.1 Å². The third-order valence-corrected chi connectivity index (χ3v) is 5.36. The number of piperidine rings is 1. The lowest BCUT2D eigenvalue weighted by Crippen LogP contribution is -2.41. The molecule has 2 aromatic carbocycles. The van der Waals surface area contributed by atoms with Crippen molar-refractivity contribution < 1.29 is 14.0 Å². The summed E-state index contributed by atoms with van der Waals surface area (Å²) in [7, 11) is 0. The predicted octanol–water partition coefficient (Wildman–Crippen LogP) is 4.10. The van der Waals surface area contributed by atoms with Crippen molar-refractivity contribution in [1.82, 2.24) is 10.2 Å². The Labute approximate surface area is 185 Å². The van der Waals surface area contributed by atoms with Gasteiger partial charge in [-0.15, -0.1) is 10.2 Å². The van der Waals surface area contributed by atoms with Crippen LogP contribution in [0.3, 0.4) is 0 Å². The monoisotopic (exact) mass is 433 g/mol. The first-order valence-electron chi connectivity index (χ1n) is 10.5. The van der Waals surface area contributed by atoms with E-state index in [0.29, 0.717) is 29.4 Å². The van der Waals surface area contributed by atoms with E-state index in [0.717, 1.165) is 24.9 Å². The lowest BCUT2D eigenvalue weighted by Gasteiger charge is -2.32. The first-order valence-corrected chi connectivity index (χ1v) is 10.5. The Morgan fingerprint density at radius 3 is 2.44 bits per heavy atom. The highest BCUT2D eigenvalue weighted by Gasteiger charge is 2.27. The summed E-state index contributed by atoms with van der Waals surface area (Å²) in [4.78, 5) is 26.2. The summed E-state index contributed by atoms with van der Waals surface area (Å²) in [5.41, 5.74) is 2.74. The van der Waals surface area contributed by atoms with Crippen LogP contribution in [0.4, 0.5) is 21.6 Å². The molecule has 1 atom stereocenters. The van der Waals surface area contributed by atoms with Crippen LogP contribution >= 0.6 is 0 Å². The first kappa shape index (κ1) is 21.4. The molecule has 164 valence electrons. The minimum Gasteiger partial charge on any atom is -0.354 e. The molecule has 0 bridgehead atoms. The zero-order valence-corrected chi connectivity index (χ0v) is 17.7. The number of carbonyl (C=O) groups excluding carboxylic acids is 2. The van der Waals surface area contributed by atoms with Gasteiger partial charge >= 0.3 is 0 Å². The molecule has 32 heavy (non-hydrogen) atoms. The Morgan fingerprint density at radius 2 is 1.75 bits per heavy atom. The van der Waals surface area contributed by atoms with E-state index < -0.39 is 0 Å². The van der Waals surface area contributed by atoms with Crippen molar-refractivity contribution in [3.8, 4) is 11.3 Å². The zero-order valence-electron chi connectivity index (χ0n) is 17.7. The summed E-state index contributed by atoms with van der Waals surface area (Å²) in [6.07, 6.45) is 1.65. The number of amides is 2. The Bertz CT molecular complexity index is 1100. The maximum absolute atomic E-state index is 13.1. The molecular weight excluding hydrogens is 409 g/mol. The van der Waals surface area contributed by atoms with Gasteiger partial charge in [-0.3, -0.25) is 9.59 Å². The normalized spacial score (nSPS) is 15.8. The number of carbonyl (C=O) groups is 2. The van der Waals surface area contributed by atoms with Crippen LogP contribution in [0.15, 0.2) is 60.7 Å². The van der Waals surface area contributed by atoms with Crippen LogP contribution in [-0.2, 0) is 9.59 Å². The molecule has 1 aliphatic heterocycles. The lowest BCUT2D eigenvalue weighted by molar-refractivity contribution is -0.120. The summed E-state index contributed by atoms with van der Waals surface area (Å²) in [5, 5.41) is 14.3. The van der Waals surface area contributed by atoms with E-state index in [9.17, 15) is 14.0 Å². The van der Waals surface area contributed by atoms with Gasteiger partial charge in [-0.1, -0.05) is 6.07 Å². The lowest BCUT2D eigenvalue weighted by atomic mass is 9.97. The molecule has 1 unspecified atom stereocenters. The van der Waals surface area contributed by atoms with Gasteiger partial charge in [0.2, 0.25) is 11.8 Å². The van der Waals surface area contributed by atoms with Gasteiger partial charge in [0.15, 0.2) is 5.82 Å². The fourth-order valence-corrected chi connectivity index (χ4v) is 3.79. The van der Waals surface area contributed by atoms with E-state index in [1.807, 2.05) is 12.1 Å². The SMILES string of the molecule is CC(=O)Nc1cccc(NC(=O)C2CCCN(c3ccc(-c4ccc(F)cc4)nn3)C2)c1. The van der Waals surface area contributed by atoms with Gasteiger partial charge in [0, 0.05) is 37.0 Å². The van der Waals surface area contributed by atoms with Crippen molar-refractivity contribution in [1.29, 1.82) is 0 Å². The molecule has 1 aliphatic rings. The maximum Gasteiger partial charge on any atom is 0.229 e. The van der Waals surface area contributed by atoms with Crippen LogP contribution in [0, 0.1) is 11.7 Å². The second kappa shape index (κ2) is 9.55. The van der Waals surface area contributed by atoms with Crippen molar-refractivity contribution >= 4 is 29.0 Å². The minimum atomic E-state index is -0.294. The fourth-order valence-electron chi connectivity index (χ4n) is 3.79. The highest BCUT2D eigenvalue weighted by atomic mass is 19.1. The van der Waals surface area contributed by atoms with Gasteiger partial charge in [-0.05, 0) is 67.4 Å². The molecule has 1 fully saturated rings. The predicted molar refractivity (Wildman–Crippen MR) is 122 cm³/mol. The average molecular weight is 433 g/mol. The second-order valence-corrected chi connectivity index (χ2v) is 7.82.